The maximum Gasteiger partial charge on any atom is 0.300 e. The first-order valence-corrected chi connectivity index (χ1v) is 10.6. The first-order valence-electron chi connectivity index (χ1n) is 9.84. The van der Waals surface area contributed by atoms with Crippen molar-refractivity contribution in [3.05, 3.63) is 80.7 Å². The second kappa shape index (κ2) is 8.50. The van der Waals surface area contributed by atoms with E-state index in [1.165, 1.54) is 25.3 Å². The number of ketones is 1. The van der Waals surface area contributed by atoms with Crippen LogP contribution in [0.1, 0.15) is 28.7 Å². The maximum atomic E-state index is 13.2. The third kappa shape index (κ3) is 3.83. The topological polar surface area (TPSA) is 100 Å². The Balaban J connectivity index is 1.98. The molecule has 7 nitrogen and oxygen atoms in total. The van der Waals surface area contributed by atoms with Crippen LogP contribution >= 0.6 is 23.2 Å². The molecule has 4 rings (SSSR count). The van der Waals surface area contributed by atoms with E-state index in [-0.39, 0.29) is 44.1 Å². The molecule has 0 radical (unpaired) electrons. The summed E-state index contributed by atoms with van der Waals surface area (Å²) in [5.41, 5.74) is 0.756. The summed E-state index contributed by atoms with van der Waals surface area (Å²) in [6, 6.07) is 9.57. The molecule has 0 bridgehead atoms. The van der Waals surface area contributed by atoms with Gasteiger partial charge in [-0.3, -0.25) is 14.5 Å². The molecule has 1 aliphatic heterocycles. The van der Waals surface area contributed by atoms with Gasteiger partial charge in [0, 0.05) is 5.56 Å². The minimum Gasteiger partial charge on any atom is -0.507 e. The summed E-state index contributed by atoms with van der Waals surface area (Å²) in [6.45, 7) is 3.50. The van der Waals surface area contributed by atoms with Crippen LogP contribution in [0.5, 0.6) is 11.5 Å². The number of ether oxygens (including phenoxy) is 1. The van der Waals surface area contributed by atoms with Crippen LogP contribution in [0.25, 0.3) is 5.76 Å². The van der Waals surface area contributed by atoms with Gasteiger partial charge in [-0.1, -0.05) is 29.3 Å². The number of halogens is 2. The van der Waals surface area contributed by atoms with Crippen molar-refractivity contribution in [1.29, 1.82) is 0 Å². The van der Waals surface area contributed by atoms with Gasteiger partial charge in [-0.25, -0.2) is 0 Å². The van der Waals surface area contributed by atoms with E-state index in [9.17, 15) is 19.8 Å². The number of amides is 1. The number of aromatic hydroxyl groups is 1. The van der Waals surface area contributed by atoms with Gasteiger partial charge in [-0.2, -0.15) is 0 Å². The number of hydrogen-bond acceptors (Lipinski definition) is 6. The number of nitrogens with zero attached hydrogens (tertiary/aromatic N) is 1. The van der Waals surface area contributed by atoms with Gasteiger partial charge >= 0.3 is 0 Å². The van der Waals surface area contributed by atoms with E-state index in [0.717, 1.165) is 10.5 Å². The van der Waals surface area contributed by atoms with Crippen LogP contribution in [-0.2, 0) is 9.59 Å². The quantitative estimate of drug-likeness (QED) is 0.284. The van der Waals surface area contributed by atoms with Crippen LogP contribution < -0.4 is 9.64 Å². The molecule has 170 valence electrons. The van der Waals surface area contributed by atoms with Crippen molar-refractivity contribution in [3.63, 3.8) is 0 Å². The minimum atomic E-state index is -1.13. The first-order chi connectivity index (χ1) is 15.6. The highest BCUT2D eigenvalue weighted by Gasteiger charge is 2.49. The van der Waals surface area contributed by atoms with Gasteiger partial charge in [0.15, 0.2) is 5.75 Å². The molecular formula is C24H19Cl2NO6. The number of furan rings is 1. The number of Topliss-reactive ketones (excluding diaryl/α,β-unsaturated/α-hetero) is 1. The second-order valence-corrected chi connectivity index (χ2v) is 8.40. The predicted octanol–water partition coefficient (Wildman–Crippen LogP) is 5.54. The molecule has 0 saturated carbocycles. The second-order valence-electron chi connectivity index (χ2n) is 7.58. The average Bonchev–Trinajstić information content (AvgIpc) is 3.30. The van der Waals surface area contributed by atoms with Crippen molar-refractivity contribution in [2.24, 2.45) is 0 Å². The van der Waals surface area contributed by atoms with Crippen molar-refractivity contribution in [1.82, 2.24) is 0 Å². The van der Waals surface area contributed by atoms with Crippen molar-refractivity contribution in [2.45, 2.75) is 19.9 Å². The molecule has 33 heavy (non-hydrogen) atoms. The molecule has 0 spiro atoms. The number of methoxy groups -OCH3 is 1. The molecule has 3 aromatic rings. The van der Waals surface area contributed by atoms with Gasteiger partial charge in [0.25, 0.3) is 11.7 Å². The maximum absolute atomic E-state index is 13.2. The Bertz CT molecular complexity index is 1300. The van der Waals surface area contributed by atoms with Gasteiger partial charge in [-0.05, 0) is 55.8 Å². The first kappa shape index (κ1) is 22.8. The number of carbonyl (C=O) groups excluding carboxylic acids is 2. The molecular weight excluding hydrogens is 469 g/mol. The number of aliphatic hydroxyl groups is 1. The number of benzene rings is 2. The highest BCUT2D eigenvalue weighted by Crippen LogP contribution is 2.46. The number of phenolic OH excluding ortho intramolecular Hbond substituents is 1. The Labute approximate surface area is 199 Å². The predicted molar refractivity (Wildman–Crippen MR) is 124 cm³/mol. The highest BCUT2D eigenvalue weighted by molar-refractivity contribution is 6.52. The number of aliphatic hydroxyl groups excluding tert-OH is 1. The molecule has 1 aromatic heterocycles. The number of hydrogen-bond donors (Lipinski definition) is 2. The summed E-state index contributed by atoms with van der Waals surface area (Å²) in [5, 5.41) is 21.9. The fourth-order valence-corrected chi connectivity index (χ4v) is 4.47. The van der Waals surface area contributed by atoms with Gasteiger partial charge in [0.2, 0.25) is 0 Å². The lowest BCUT2D eigenvalue weighted by Crippen LogP contribution is -2.29. The zero-order valence-electron chi connectivity index (χ0n) is 17.8. The van der Waals surface area contributed by atoms with Crippen LogP contribution in [0.2, 0.25) is 10.0 Å². The summed E-state index contributed by atoms with van der Waals surface area (Å²) >= 11 is 12.4. The Morgan fingerprint density at radius 1 is 1.06 bits per heavy atom. The van der Waals surface area contributed by atoms with Crippen molar-refractivity contribution in [3.8, 4) is 11.5 Å². The van der Waals surface area contributed by atoms with Gasteiger partial charge < -0.3 is 19.4 Å². The number of anilines is 1. The molecule has 1 fully saturated rings. The van der Waals surface area contributed by atoms with Crippen molar-refractivity contribution in [2.75, 3.05) is 12.0 Å². The lowest BCUT2D eigenvalue weighted by molar-refractivity contribution is -0.132. The fourth-order valence-electron chi connectivity index (χ4n) is 3.82. The summed E-state index contributed by atoms with van der Waals surface area (Å²) in [7, 11) is 1.39. The smallest absolute Gasteiger partial charge is 0.300 e. The monoisotopic (exact) mass is 487 g/mol. The lowest BCUT2D eigenvalue weighted by atomic mass is 9.99. The lowest BCUT2D eigenvalue weighted by Gasteiger charge is -2.24. The van der Waals surface area contributed by atoms with Gasteiger partial charge in [0.1, 0.15) is 29.1 Å². The van der Waals surface area contributed by atoms with E-state index in [4.69, 9.17) is 32.4 Å². The molecule has 1 atom stereocenters. The molecule has 2 heterocycles. The van der Waals surface area contributed by atoms with Gasteiger partial charge in [0.05, 0.1) is 28.4 Å². The van der Waals surface area contributed by atoms with E-state index < -0.39 is 23.5 Å². The van der Waals surface area contributed by atoms with E-state index in [1.54, 1.807) is 38.1 Å². The summed E-state index contributed by atoms with van der Waals surface area (Å²) < 4.78 is 10.9. The van der Waals surface area contributed by atoms with Crippen LogP contribution in [0.15, 0.2) is 52.5 Å². The number of rotatable bonds is 4. The van der Waals surface area contributed by atoms with Crippen LogP contribution in [0.4, 0.5) is 5.69 Å². The Morgan fingerprint density at radius 2 is 1.73 bits per heavy atom. The van der Waals surface area contributed by atoms with E-state index in [0.29, 0.717) is 5.76 Å². The molecule has 1 saturated heterocycles. The highest BCUT2D eigenvalue weighted by atomic mass is 35.5. The summed E-state index contributed by atoms with van der Waals surface area (Å²) in [5.74, 6) is -1.59. The largest absolute Gasteiger partial charge is 0.507 e. The Hall–Kier alpha value is -3.42. The molecule has 2 aromatic carbocycles. The molecule has 9 heteroatoms. The normalized spacial score (nSPS) is 17.6. The third-order valence-electron chi connectivity index (χ3n) is 5.34. The number of carbonyl (C=O) groups is 2. The molecule has 1 unspecified atom stereocenters. The van der Waals surface area contributed by atoms with Crippen LogP contribution in [0.3, 0.4) is 0 Å². The number of aryl methyl sites for hydroxylation is 2. The summed E-state index contributed by atoms with van der Waals surface area (Å²) in [6.07, 6.45) is 0. The zero-order valence-corrected chi connectivity index (χ0v) is 19.4. The summed E-state index contributed by atoms with van der Waals surface area (Å²) in [4.78, 5) is 27.4. The molecule has 1 amide bonds. The van der Waals surface area contributed by atoms with E-state index in [2.05, 4.69) is 0 Å². The van der Waals surface area contributed by atoms with Crippen molar-refractivity contribution >= 4 is 46.3 Å². The third-order valence-corrected chi connectivity index (χ3v) is 5.90. The standard InChI is InChI=1S/C24H19Cl2NO6/c1-11-4-6-17(28)16(8-11)27-20(18-7-5-12(2)33-18)19(22(30)24(27)31)21(29)13-9-14(25)23(32-3)15(26)10-13/h4-10,20,28-29H,1-3H3/b21-19-. The molecule has 1 aliphatic rings. The molecule has 2 N–H and O–H groups in total. The average molecular weight is 488 g/mol. The SMILES string of the molecule is COc1c(Cl)cc(/C(O)=C2/C(=O)C(=O)N(c3cc(C)ccc3O)C2c2ccc(C)o2)cc1Cl. The van der Waals surface area contributed by atoms with Crippen LogP contribution in [0, 0.1) is 13.8 Å². The zero-order chi connectivity index (χ0) is 24.0. The van der Waals surface area contributed by atoms with E-state index in [1.807, 2.05) is 0 Å². The number of phenols is 1. The van der Waals surface area contributed by atoms with E-state index >= 15 is 0 Å². The Morgan fingerprint density at radius 3 is 2.30 bits per heavy atom. The van der Waals surface area contributed by atoms with Gasteiger partial charge in [-0.15, -0.1) is 0 Å². The van der Waals surface area contributed by atoms with Crippen molar-refractivity contribution < 1.29 is 29.0 Å². The van der Waals surface area contributed by atoms with Crippen LogP contribution in [-0.4, -0.2) is 29.0 Å². The minimum absolute atomic E-state index is 0.112. The Kier molecular flexibility index (Phi) is 5.86. The fraction of sp³-hybridized carbons (Fsp3) is 0.167. The molecule has 0 aliphatic carbocycles.